The van der Waals surface area contributed by atoms with Gasteiger partial charge in [0.15, 0.2) is 7.14 Å². The van der Waals surface area contributed by atoms with E-state index in [0.29, 0.717) is 0 Å². The number of hydrogen-bond acceptors (Lipinski definition) is 1. The molecule has 0 atom stereocenters. The Balaban J connectivity index is 1.33. The Kier molecular flexibility index (Phi) is 6.19. The van der Waals surface area contributed by atoms with Crippen LogP contribution in [0, 0.1) is 0 Å². The van der Waals surface area contributed by atoms with E-state index in [-0.39, 0.29) is 0 Å². The lowest BCUT2D eigenvalue weighted by atomic mass is 9.88. The fraction of sp³-hybridized carbons (Fsp3) is 0. The van der Waals surface area contributed by atoms with Gasteiger partial charge in [0.2, 0.25) is 0 Å². The normalized spacial score (nSPS) is 12.2. The Morgan fingerprint density at radius 2 is 0.735 bits per heavy atom. The first-order valence-electron chi connectivity index (χ1n) is 16.7. The van der Waals surface area contributed by atoms with E-state index in [1.165, 1.54) is 59.4 Å². The van der Waals surface area contributed by atoms with Gasteiger partial charge in [0.25, 0.3) is 0 Å². The molecule has 0 aliphatic heterocycles. The molecule has 0 spiro atoms. The van der Waals surface area contributed by atoms with E-state index in [1.54, 1.807) is 0 Å². The molecule has 0 saturated heterocycles. The third-order valence-corrected chi connectivity index (χ3v) is 13.3. The topological polar surface area (TPSA) is 22.0 Å². The monoisotopic (exact) mass is 643 g/mol. The highest BCUT2D eigenvalue weighted by atomic mass is 31.2. The minimum absolute atomic E-state index is 0.821. The van der Waals surface area contributed by atoms with Crippen LogP contribution >= 0.6 is 7.14 Å². The fourth-order valence-corrected chi connectivity index (χ4v) is 10.8. The van der Waals surface area contributed by atoms with Crippen molar-refractivity contribution >= 4 is 88.0 Å². The van der Waals surface area contributed by atoms with Gasteiger partial charge >= 0.3 is 0 Å². The van der Waals surface area contributed by atoms with Crippen molar-refractivity contribution in [3.63, 3.8) is 0 Å². The van der Waals surface area contributed by atoms with E-state index >= 15 is 4.57 Å². The van der Waals surface area contributed by atoms with Gasteiger partial charge in [-0.1, -0.05) is 152 Å². The zero-order valence-corrected chi connectivity index (χ0v) is 27.5. The van der Waals surface area contributed by atoms with Crippen molar-refractivity contribution in [2.45, 2.75) is 0 Å². The molecule has 0 bridgehead atoms. The number of rotatable bonds is 4. The first kappa shape index (κ1) is 28.1. The van der Waals surface area contributed by atoms with Gasteiger partial charge in [0.05, 0.1) is 11.0 Å². The molecule has 10 aromatic rings. The van der Waals surface area contributed by atoms with Crippen LogP contribution in [0.2, 0.25) is 0 Å². The van der Waals surface area contributed by atoms with Crippen molar-refractivity contribution in [1.29, 1.82) is 0 Å². The molecule has 0 aliphatic carbocycles. The summed E-state index contributed by atoms with van der Waals surface area (Å²) in [4.78, 5) is 0. The first-order valence-corrected chi connectivity index (χ1v) is 18.4. The quantitative estimate of drug-likeness (QED) is 0.138. The summed E-state index contributed by atoms with van der Waals surface area (Å²) in [6.07, 6.45) is 0. The second-order valence-electron chi connectivity index (χ2n) is 12.8. The summed E-state index contributed by atoms with van der Waals surface area (Å²) in [5.41, 5.74) is 3.37. The molecule has 0 fully saturated rings. The molecular weight excluding hydrogens is 613 g/mol. The molecule has 0 amide bonds. The SMILES string of the molecule is O=P(c1ccccc1)(c1ccccc1)c1ccc(-n2c3ccccc3c3c4c5ccccc5c5ccccc5c4c4ccccc4c32)cc1. The lowest BCUT2D eigenvalue weighted by Gasteiger charge is -2.20. The zero-order chi connectivity index (χ0) is 32.5. The number of aromatic nitrogens is 1. The van der Waals surface area contributed by atoms with Gasteiger partial charge in [-0.05, 0) is 62.6 Å². The van der Waals surface area contributed by atoms with Crippen LogP contribution in [-0.4, -0.2) is 4.57 Å². The van der Waals surface area contributed by atoms with E-state index in [0.717, 1.165) is 27.1 Å². The molecule has 9 aromatic carbocycles. The van der Waals surface area contributed by atoms with Crippen molar-refractivity contribution in [2.75, 3.05) is 0 Å². The van der Waals surface area contributed by atoms with E-state index in [9.17, 15) is 0 Å². The summed E-state index contributed by atoms with van der Waals surface area (Å²) >= 11 is 0. The molecule has 0 saturated carbocycles. The predicted molar refractivity (Wildman–Crippen MR) is 210 cm³/mol. The van der Waals surface area contributed by atoms with Crippen LogP contribution in [0.1, 0.15) is 0 Å². The van der Waals surface area contributed by atoms with E-state index in [4.69, 9.17) is 0 Å². The Bertz CT molecular complexity index is 2900. The highest BCUT2D eigenvalue weighted by molar-refractivity contribution is 7.85. The van der Waals surface area contributed by atoms with E-state index in [1.807, 2.05) is 60.7 Å². The standard InChI is InChI=1S/C46H30NOP/c48-49(32-15-3-1-4-16-32,33-17-5-2-6-18-33)34-29-27-31(28-30-34)47-42-26-14-13-25-41(42)45-44-38-22-10-8-20-36(38)35-19-7-9-21-37(35)43(44)39-23-11-12-24-40(39)46(45)47/h1-30H. The van der Waals surface area contributed by atoms with Gasteiger partial charge in [0, 0.05) is 43.1 Å². The highest BCUT2D eigenvalue weighted by Crippen LogP contribution is 2.48. The van der Waals surface area contributed by atoms with Crippen molar-refractivity contribution in [1.82, 2.24) is 4.57 Å². The third kappa shape index (κ3) is 3.99. The molecule has 49 heavy (non-hydrogen) atoms. The minimum Gasteiger partial charge on any atom is -0.309 e. The molecule has 0 unspecified atom stereocenters. The number of hydrogen-bond donors (Lipinski definition) is 0. The van der Waals surface area contributed by atoms with E-state index < -0.39 is 7.14 Å². The number of para-hydroxylation sites is 1. The van der Waals surface area contributed by atoms with Crippen molar-refractivity contribution in [3.8, 4) is 5.69 Å². The molecule has 230 valence electrons. The molecule has 0 radical (unpaired) electrons. The second-order valence-corrected chi connectivity index (χ2v) is 15.5. The molecular formula is C46H30NOP. The Morgan fingerprint density at radius 1 is 0.327 bits per heavy atom. The molecule has 0 N–H and O–H groups in total. The molecule has 2 nitrogen and oxygen atoms in total. The lowest BCUT2D eigenvalue weighted by molar-refractivity contribution is 0.592. The maximum atomic E-state index is 15.2. The third-order valence-electron chi connectivity index (χ3n) is 10.2. The number of fused-ring (bicyclic) bond motifs is 13. The van der Waals surface area contributed by atoms with Gasteiger partial charge in [-0.25, -0.2) is 0 Å². The summed E-state index contributed by atoms with van der Waals surface area (Å²) in [5.74, 6) is 0. The zero-order valence-electron chi connectivity index (χ0n) is 26.6. The molecule has 3 heteroatoms. The van der Waals surface area contributed by atoms with Gasteiger partial charge in [-0.2, -0.15) is 0 Å². The predicted octanol–water partition coefficient (Wildman–Crippen LogP) is 11.0. The first-order chi connectivity index (χ1) is 24.2. The average molecular weight is 644 g/mol. The van der Waals surface area contributed by atoms with Crippen molar-refractivity contribution < 1.29 is 4.57 Å². The van der Waals surface area contributed by atoms with Crippen LogP contribution in [0.25, 0.3) is 70.6 Å². The maximum absolute atomic E-state index is 15.2. The van der Waals surface area contributed by atoms with Crippen molar-refractivity contribution in [3.05, 3.63) is 182 Å². The Labute approximate surface area is 283 Å². The fourth-order valence-electron chi connectivity index (χ4n) is 8.14. The average Bonchev–Trinajstić information content (AvgIpc) is 3.53. The van der Waals surface area contributed by atoms with Crippen LogP contribution in [-0.2, 0) is 4.57 Å². The van der Waals surface area contributed by atoms with Crippen LogP contribution in [0.4, 0.5) is 0 Å². The van der Waals surface area contributed by atoms with Gasteiger partial charge in [0.1, 0.15) is 0 Å². The molecule has 10 rings (SSSR count). The van der Waals surface area contributed by atoms with Gasteiger partial charge in [-0.3, -0.25) is 0 Å². The number of benzene rings is 9. The lowest BCUT2D eigenvalue weighted by Crippen LogP contribution is -2.24. The largest absolute Gasteiger partial charge is 0.309 e. The van der Waals surface area contributed by atoms with Crippen LogP contribution in [0.3, 0.4) is 0 Å². The van der Waals surface area contributed by atoms with Crippen LogP contribution in [0.5, 0.6) is 0 Å². The highest BCUT2D eigenvalue weighted by Gasteiger charge is 2.30. The maximum Gasteiger partial charge on any atom is 0.171 e. The number of nitrogens with zero attached hydrogens (tertiary/aromatic N) is 1. The van der Waals surface area contributed by atoms with E-state index in [2.05, 4.69) is 126 Å². The second kappa shape index (κ2) is 10.8. The Morgan fingerprint density at radius 3 is 1.31 bits per heavy atom. The summed E-state index contributed by atoms with van der Waals surface area (Å²) in [7, 11) is -3.10. The Hall–Kier alpha value is -5.95. The minimum atomic E-state index is -3.10. The van der Waals surface area contributed by atoms with Gasteiger partial charge < -0.3 is 9.13 Å². The summed E-state index contributed by atoms with van der Waals surface area (Å²) in [5, 5.41) is 15.1. The summed E-state index contributed by atoms with van der Waals surface area (Å²) < 4.78 is 17.6. The summed E-state index contributed by atoms with van der Waals surface area (Å²) in [6, 6.07) is 63.5. The molecule has 1 aromatic heterocycles. The van der Waals surface area contributed by atoms with Crippen LogP contribution < -0.4 is 15.9 Å². The summed E-state index contributed by atoms with van der Waals surface area (Å²) in [6.45, 7) is 0. The molecule has 1 heterocycles. The van der Waals surface area contributed by atoms with Crippen LogP contribution in [0.15, 0.2) is 182 Å². The molecule has 0 aliphatic rings. The van der Waals surface area contributed by atoms with Crippen molar-refractivity contribution in [2.24, 2.45) is 0 Å². The smallest absolute Gasteiger partial charge is 0.171 e. The van der Waals surface area contributed by atoms with Gasteiger partial charge in [-0.15, -0.1) is 0 Å².